The highest BCUT2D eigenvalue weighted by Crippen LogP contribution is 2.31. The summed E-state index contributed by atoms with van der Waals surface area (Å²) in [6.07, 6.45) is 8.98. The Morgan fingerprint density at radius 1 is 1.35 bits per heavy atom. The molecule has 1 aliphatic rings. The molecule has 1 atom stereocenters. The number of hydrogen-bond acceptors (Lipinski definition) is 4. The Kier molecular flexibility index (Phi) is 4.45. The van der Waals surface area contributed by atoms with Gasteiger partial charge < -0.3 is 15.1 Å². The van der Waals surface area contributed by atoms with Gasteiger partial charge in [-0.15, -0.1) is 0 Å². The van der Waals surface area contributed by atoms with Gasteiger partial charge in [-0.25, -0.2) is 4.68 Å². The van der Waals surface area contributed by atoms with E-state index in [-0.39, 0.29) is 11.8 Å². The maximum absolute atomic E-state index is 12.3. The Hall–Kier alpha value is -2.57. The third kappa shape index (κ3) is 3.44. The molecule has 2 aromatic rings. The van der Waals surface area contributed by atoms with E-state index in [0.717, 1.165) is 12.8 Å². The van der Waals surface area contributed by atoms with E-state index >= 15 is 0 Å². The number of nitrogens with one attached hydrogen (secondary N) is 2. The zero-order chi connectivity index (χ0) is 16.2. The van der Waals surface area contributed by atoms with Crippen molar-refractivity contribution in [3.63, 3.8) is 0 Å². The van der Waals surface area contributed by atoms with E-state index in [4.69, 9.17) is 4.42 Å². The SMILES string of the molecule is CC(NC(=O)c1ccoc1)C(=O)Nc1ccnn1C1CCCC1. The molecule has 7 heteroatoms. The van der Waals surface area contributed by atoms with E-state index in [0.29, 0.717) is 17.4 Å². The van der Waals surface area contributed by atoms with Gasteiger partial charge in [-0.1, -0.05) is 12.8 Å². The molecule has 3 rings (SSSR count). The van der Waals surface area contributed by atoms with Crippen molar-refractivity contribution in [3.8, 4) is 0 Å². The molecule has 0 spiro atoms. The number of nitrogens with zero attached hydrogens (tertiary/aromatic N) is 2. The number of anilines is 1. The molecule has 1 aliphatic carbocycles. The van der Waals surface area contributed by atoms with Gasteiger partial charge in [0.25, 0.3) is 5.91 Å². The highest BCUT2D eigenvalue weighted by atomic mass is 16.3. The molecule has 2 N–H and O–H groups in total. The molecular weight excluding hydrogens is 296 g/mol. The molecule has 2 amide bonds. The summed E-state index contributed by atoms with van der Waals surface area (Å²) in [6, 6.07) is 3.01. The summed E-state index contributed by atoms with van der Waals surface area (Å²) in [7, 11) is 0. The molecule has 0 saturated heterocycles. The van der Waals surface area contributed by atoms with Crippen LogP contribution < -0.4 is 10.6 Å². The van der Waals surface area contributed by atoms with Crippen molar-refractivity contribution in [1.82, 2.24) is 15.1 Å². The average Bonchev–Trinajstić information content (AvgIpc) is 3.28. The molecule has 2 heterocycles. The van der Waals surface area contributed by atoms with E-state index in [9.17, 15) is 9.59 Å². The summed E-state index contributed by atoms with van der Waals surface area (Å²) in [5, 5.41) is 9.80. The second kappa shape index (κ2) is 6.68. The van der Waals surface area contributed by atoms with Crippen LogP contribution in [0.2, 0.25) is 0 Å². The monoisotopic (exact) mass is 316 g/mol. The third-order valence-electron chi connectivity index (χ3n) is 4.12. The molecule has 1 unspecified atom stereocenters. The van der Waals surface area contributed by atoms with Gasteiger partial charge in [0.1, 0.15) is 18.1 Å². The second-order valence-corrected chi connectivity index (χ2v) is 5.80. The van der Waals surface area contributed by atoms with Crippen LogP contribution in [0.1, 0.15) is 49.0 Å². The maximum Gasteiger partial charge on any atom is 0.255 e. The van der Waals surface area contributed by atoms with Gasteiger partial charge in [-0.05, 0) is 25.8 Å². The van der Waals surface area contributed by atoms with Gasteiger partial charge >= 0.3 is 0 Å². The number of carbonyl (C=O) groups excluding carboxylic acids is 2. The van der Waals surface area contributed by atoms with Crippen LogP contribution in [-0.2, 0) is 4.79 Å². The normalized spacial score (nSPS) is 16.2. The largest absolute Gasteiger partial charge is 0.472 e. The van der Waals surface area contributed by atoms with Gasteiger partial charge in [0, 0.05) is 6.07 Å². The van der Waals surface area contributed by atoms with Crippen LogP contribution in [0.3, 0.4) is 0 Å². The first-order chi connectivity index (χ1) is 11.1. The number of rotatable bonds is 5. The summed E-state index contributed by atoms with van der Waals surface area (Å²) < 4.78 is 6.73. The third-order valence-corrected chi connectivity index (χ3v) is 4.12. The molecule has 0 aliphatic heterocycles. The molecule has 1 saturated carbocycles. The lowest BCUT2D eigenvalue weighted by molar-refractivity contribution is -0.117. The Labute approximate surface area is 134 Å². The Morgan fingerprint density at radius 2 is 2.13 bits per heavy atom. The molecular formula is C16H20N4O3. The standard InChI is InChI=1S/C16H20N4O3/c1-11(18-16(22)12-7-9-23-10-12)15(21)19-14-6-8-17-20(14)13-4-2-3-5-13/h6-11,13H,2-5H2,1H3,(H,18,22)(H,19,21). The van der Waals surface area contributed by atoms with Crippen LogP contribution >= 0.6 is 0 Å². The van der Waals surface area contributed by atoms with Crippen LogP contribution in [0.4, 0.5) is 5.82 Å². The zero-order valence-corrected chi connectivity index (χ0v) is 13.0. The number of amides is 2. The summed E-state index contributed by atoms with van der Waals surface area (Å²) in [5.41, 5.74) is 0.389. The van der Waals surface area contributed by atoms with Crippen LogP contribution in [-0.4, -0.2) is 27.6 Å². The van der Waals surface area contributed by atoms with E-state index in [2.05, 4.69) is 15.7 Å². The minimum atomic E-state index is -0.663. The molecule has 0 radical (unpaired) electrons. The van der Waals surface area contributed by atoms with Crippen molar-refractivity contribution in [2.45, 2.75) is 44.7 Å². The van der Waals surface area contributed by atoms with E-state index < -0.39 is 6.04 Å². The topological polar surface area (TPSA) is 89.2 Å². The molecule has 122 valence electrons. The van der Waals surface area contributed by atoms with Gasteiger partial charge in [0.05, 0.1) is 24.1 Å². The highest BCUT2D eigenvalue weighted by Gasteiger charge is 2.22. The van der Waals surface area contributed by atoms with Crippen molar-refractivity contribution in [3.05, 3.63) is 36.4 Å². The molecule has 23 heavy (non-hydrogen) atoms. The molecule has 0 aromatic carbocycles. The van der Waals surface area contributed by atoms with Crippen molar-refractivity contribution in [2.75, 3.05) is 5.32 Å². The average molecular weight is 316 g/mol. The van der Waals surface area contributed by atoms with Crippen LogP contribution in [0.5, 0.6) is 0 Å². The van der Waals surface area contributed by atoms with Crippen LogP contribution in [0.25, 0.3) is 0 Å². The van der Waals surface area contributed by atoms with Crippen molar-refractivity contribution >= 4 is 17.6 Å². The quantitative estimate of drug-likeness (QED) is 0.886. The molecule has 0 bridgehead atoms. The van der Waals surface area contributed by atoms with Gasteiger partial charge in [-0.2, -0.15) is 5.10 Å². The fraction of sp³-hybridized carbons (Fsp3) is 0.438. The van der Waals surface area contributed by atoms with Gasteiger partial charge in [0.15, 0.2) is 0 Å². The van der Waals surface area contributed by atoms with Gasteiger partial charge in [-0.3, -0.25) is 9.59 Å². The van der Waals surface area contributed by atoms with Crippen molar-refractivity contribution in [2.24, 2.45) is 0 Å². The first kappa shape index (κ1) is 15.3. The molecule has 2 aromatic heterocycles. The zero-order valence-electron chi connectivity index (χ0n) is 13.0. The van der Waals surface area contributed by atoms with E-state index in [1.165, 1.54) is 25.4 Å². The van der Waals surface area contributed by atoms with Crippen molar-refractivity contribution in [1.29, 1.82) is 0 Å². The number of aromatic nitrogens is 2. The Morgan fingerprint density at radius 3 is 2.83 bits per heavy atom. The predicted molar refractivity (Wildman–Crippen MR) is 84.0 cm³/mol. The minimum Gasteiger partial charge on any atom is -0.472 e. The lowest BCUT2D eigenvalue weighted by atomic mass is 10.2. The van der Waals surface area contributed by atoms with Crippen LogP contribution in [0.15, 0.2) is 35.3 Å². The number of furan rings is 1. The summed E-state index contributed by atoms with van der Waals surface area (Å²) in [4.78, 5) is 24.2. The maximum atomic E-state index is 12.3. The highest BCUT2D eigenvalue weighted by molar-refractivity contribution is 6.00. The lowest BCUT2D eigenvalue weighted by Gasteiger charge is -2.17. The first-order valence-corrected chi connectivity index (χ1v) is 7.82. The van der Waals surface area contributed by atoms with Crippen LogP contribution in [0, 0.1) is 0 Å². The lowest BCUT2D eigenvalue weighted by Crippen LogP contribution is -2.41. The Balaban J connectivity index is 1.60. The molecule has 7 nitrogen and oxygen atoms in total. The summed E-state index contributed by atoms with van der Waals surface area (Å²) >= 11 is 0. The summed E-state index contributed by atoms with van der Waals surface area (Å²) in [5.74, 6) is 0.0543. The minimum absolute atomic E-state index is 0.276. The molecule has 1 fully saturated rings. The second-order valence-electron chi connectivity index (χ2n) is 5.80. The number of hydrogen-bond donors (Lipinski definition) is 2. The fourth-order valence-corrected chi connectivity index (χ4v) is 2.83. The van der Waals surface area contributed by atoms with E-state index in [1.807, 2.05) is 4.68 Å². The Bertz CT molecular complexity index is 671. The smallest absolute Gasteiger partial charge is 0.255 e. The predicted octanol–water partition coefficient (Wildman–Crippen LogP) is 2.35. The number of carbonyl (C=O) groups is 2. The first-order valence-electron chi connectivity index (χ1n) is 7.82. The van der Waals surface area contributed by atoms with Crippen molar-refractivity contribution < 1.29 is 14.0 Å². The summed E-state index contributed by atoms with van der Waals surface area (Å²) in [6.45, 7) is 1.64. The fourth-order valence-electron chi connectivity index (χ4n) is 2.83. The van der Waals surface area contributed by atoms with E-state index in [1.54, 1.807) is 25.3 Å². The van der Waals surface area contributed by atoms with Gasteiger partial charge in [0.2, 0.25) is 5.91 Å².